The summed E-state index contributed by atoms with van der Waals surface area (Å²) in [6.45, 7) is 7.29. The lowest BCUT2D eigenvalue weighted by Crippen LogP contribution is -2.39. The van der Waals surface area contributed by atoms with Gasteiger partial charge in [-0.15, -0.1) is 0 Å². The first kappa shape index (κ1) is 16.7. The van der Waals surface area contributed by atoms with Gasteiger partial charge in [0, 0.05) is 11.9 Å². The van der Waals surface area contributed by atoms with E-state index in [1.54, 1.807) is 19.9 Å². The Morgan fingerprint density at radius 1 is 1.43 bits per heavy atom. The molecule has 0 saturated heterocycles. The number of anilines is 1. The molecule has 5 heteroatoms. The first-order valence-electron chi connectivity index (χ1n) is 6.67. The largest absolute Gasteiger partial charge is 0.394 e. The molecule has 0 aliphatic carbocycles. The molecule has 3 N–H and O–H groups in total. The van der Waals surface area contributed by atoms with Gasteiger partial charge in [-0.1, -0.05) is 12.1 Å². The Balaban J connectivity index is 2.88. The Hall–Kier alpha value is -2.32. The lowest BCUT2D eigenvalue weighted by Gasteiger charge is -2.22. The highest BCUT2D eigenvalue weighted by molar-refractivity contribution is 6.06. The van der Waals surface area contributed by atoms with Crippen LogP contribution in [0.25, 0.3) is 0 Å². The van der Waals surface area contributed by atoms with Crippen LogP contribution in [0.1, 0.15) is 25.0 Å². The number of benzene rings is 1. The molecular formula is C16H21N3O2. The first-order chi connectivity index (χ1) is 9.80. The van der Waals surface area contributed by atoms with Crippen molar-refractivity contribution in [3.63, 3.8) is 0 Å². The summed E-state index contributed by atoms with van der Waals surface area (Å²) < 4.78 is 0. The summed E-state index contributed by atoms with van der Waals surface area (Å²) in [6, 6.07) is 7.45. The molecule has 1 amide bonds. The molecule has 0 atom stereocenters. The zero-order valence-corrected chi connectivity index (χ0v) is 12.8. The molecule has 0 aliphatic rings. The second-order valence-corrected chi connectivity index (χ2v) is 5.56. The minimum atomic E-state index is -0.596. The van der Waals surface area contributed by atoms with Crippen LogP contribution >= 0.6 is 0 Å². The van der Waals surface area contributed by atoms with Crippen molar-refractivity contribution in [1.29, 1.82) is 5.26 Å². The topological polar surface area (TPSA) is 85.2 Å². The van der Waals surface area contributed by atoms with E-state index in [-0.39, 0.29) is 12.2 Å². The molecule has 1 aromatic rings. The van der Waals surface area contributed by atoms with E-state index in [4.69, 9.17) is 10.4 Å². The van der Waals surface area contributed by atoms with Gasteiger partial charge in [0.1, 0.15) is 11.6 Å². The summed E-state index contributed by atoms with van der Waals surface area (Å²) >= 11 is 0. The van der Waals surface area contributed by atoms with Crippen LogP contribution in [0.5, 0.6) is 0 Å². The fourth-order valence-electron chi connectivity index (χ4n) is 1.54. The van der Waals surface area contributed by atoms with Crippen molar-refractivity contribution < 1.29 is 9.90 Å². The van der Waals surface area contributed by atoms with Crippen LogP contribution in [-0.2, 0) is 4.79 Å². The highest BCUT2D eigenvalue weighted by Crippen LogP contribution is 2.18. The predicted molar refractivity (Wildman–Crippen MR) is 82.5 cm³/mol. The Kier molecular flexibility index (Phi) is 5.51. The number of amides is 1. The van der Waals surface area contributed by atoms with E-state index in [9.17, 15) is 4.79 Å². The van der Waals surface area contributed by atoms with Gasteiger partial charge in [-0.05, 0) is 44.9 Å². The van der Waals surface area contributed by atoms with Crippen molar-refractivity contribution in [1.82, 2.24) is 5.32 Å². The molecular weight excluding hydrogens is 266 g/mol. The molecule has 0 heterocycles. The zero-order chi connectivity index (χ0) is 16.0. The molecule has 0 spiro atoms. The Labute approximate surface area is 125 Å². The van der Waals surface area contributed by atoms with Crippen LogP contribution in [0.4, 0.5) is 5.69 Å². The van der Waals surface area contributed by atoms with Gasteiger partial charge in [0.2, 0.25) is 0 Å². The molecule has 0 aliphatic heterocycles. The van der Waals surface area contributed by atoms with E-state index < -0.39 is 11.4 Å². The normalized spacial score (nSPS) is 11.7. The van der Waals surface area contributed by atoms with Crippen LogP contribution in [0.15, 0.2) is 30.0 Å². The summed E-state index contributed by atoms with van der Waals surface area (Å²) in [7, 11) is 0. The van der Waals surface area contributed by atoms with Crippen molar-refractivity contribution in [2.24, 2.45) is 0 Å². The number of hydrogen-bond acceptors (Lipinski definition) is 4. The number of nitrogens with one attached hydrogen (secondary N) is 2. The molecule has 0 unspecified atom stereocenters. The molecule has 0 aromatic heterocycles. The third-order valence-corrected chi connectivity index (χ3v) is 3.22. The summed E-state index contributed by atoms with van der Waals surface area (Å²) in [5.41, 5.74) is 2.07. The number of carbonyl (C=O) groups is 1. The second kappa shape index (κ2) is 6.91. The summed E-state index contributed by atoms with van der Waals surface area (Å²) in [5, 5.41) is 23.8. The van der Waals surface area contributed by atoms with E-state index in [0.29, 0.717) is 5.69 Å². The van der Waals surface area contributed by atoms with Crippen molar-refractivity contribution in [2.45, 2.75) is 33.2 Å². The van der Waals surface area contributed by atoms with Gasteiger partial charge < -0.3 is 15.7 Å². The minimum absolute atomic E-state index is 0.0440. The van der Waals surface area contributed by atoms with E-state index in [1.807, 2.05) is 32.0 Å². The van der Waals surface area contributed by atoms with Crippen LogP contribution in [0.2, 0.25) is 0 Å². The van der Waals surface area contributed by atoms with E-state index in [1.165, 1.54) is 6.20 Å². The third-order valence-electron chi connectivity index (χ3n) is 3.22. The standard InChI is InChI=1S/C16H21N3O2/c1-11-6-5-7-14(12(11)2)19-15(21)13(8-17)9-18-16(3,4)10-20/h5-7,9,18,20H,10H2,1-4H3,(H,19,21)/b13-9-. The van der Waals surface area contributed by atoms with Crippen LogP contribution in [-0.4, -0.2) is 23.2 Å². The van der Waals surface area contributed by atoms with E-state index in [0.717, 1.165) is 11.1 Å². The number of aliphatic hydroxyl groups excluding tert-OH is 1. The Bertz CT molecular complexity index is 598. The monoisotopic (exact) mass is 287 g/mol. The highest BCUT2D eigenvalue weighted by Gasteiger charge is 2.16. The van der Waals surface area contributed by atoms with Crippen LogP contribution in [0.3, 0.4) is 0 Å². The minimum Gasteiger partial charge on any atom is -0.394 e. The number of hydrogen-bond donors (Lipinski definition) is 3. The zero-order valence-electron chi connectivity index (χ0n) is 12.8. The van der Waals surface area contributed by atoms with Gasteiger partial charge in [-0.2, -0.15) is 5.26 Å². The van der Waals surface area contributed by atoms with Crippen LogP contribution in [0, 0.1) is 25.2 Å². The van der Waals surface area contributed by atoms with Gasteiger partial charge in [0.15, 0.2) is 0 Å². The lowest BCUT2D eigenvalue weighted by atomic mass is 10.1. The van der Waals surface area contributed by atoms with E-state index >= 15 is 0 Å². The fraction of sp³-hybridized carbons (Fsp3) is 0.375. The molecule has 0 saturated carbocycles. The second-order valence-electron chi connectivity index (χ2n) is 5.56. The van der Waals surface area contributed by atoms with Gasteiger partial charge in [-0.3, -0.25) is 4.79 Å². The average molecular weight is 287 g/mol. The molecule has 0 fully saturated rings. The molecule has 21 heavy (non-hydrogen) atoms. The molecule has 0 radical (unpaired) electrons. The quantitative estimate of drug-likeness (QED) is 0.571. The number of nitrogens with zero attached hydrogens (tertiary/aromatic N) is 1. The molecule has 112 valence electrons. The van der Waals surface area contributed by atoms with Crippen molar-refractivity contribution in [3.05, 3.63) is 41.1 Å². The first-order valence-corrected chi connectivity index (χ1v) is 6.67. The predicted octanol–water partition coefficient (Wildman–Crippen LogP) is 2.01. The Morgan fingerprint density at radius 3 is 2.67 bits per heavy atom. The molecule has 0 bridgehead atoms. The smallest absolute Gasteiger partial charge is 0.267 e. The highest BCUT2D eigenvalue weighted by atomic mass is 16.3. The number of aliphatic hydroxyl groups is 1. The number of aryl methyl sites for hydroxylation is 1. The van der Waals surface area contributed by atoms with Gasteiger partial charge >= 0.3 is 0 Å². The van der Waals surface area contributed by atoms with Crippen molar-refractivity contribution in [2.75, 3.05) is 11.9 Å². The van der Waals surface area contributed by atoms with Gasteiger partial charge in [-0.25, -0.2) is 0 Å². The SMILES string of the molecule is Cc1cccc(NC(=O)/C(C#N)=C\NC(C)(C)CO)c1C. The van der Waals surface area contributed by atoms with Gasteiger partial charge in [0.05, 0.1) is 12.1 Å². The molecule has 5 nitrogen and oxygen atoms in total. The maximum atomic E-state index is 12.1. The fourth-order valence-corrected chi connectivity index (χ4v) is 1.54. The van der Waals surface area contributed by atoms with Gasteiger partial charge in [0.25, 0.3) is 5.91 Å². The summed E-state index contributed by atoms with van der Waals surface area (Å²) in [6.07, 6.45) is 1.33. The maximum Gasteiger partial charge on any atom is 0.267 e. The summed E-state index contributed by atoms with van der Waals surface area (Å²) in [5.74, 6) is -0.479. The average Bonchev–Trinajstić information content (AvgIpc) is 2.44. The summed E-state index contributed by atoms with van der Waals surface area (Å²) in [4.78, 5) is 12.1. The van der Waals surface area contributed by atoms with Crippen molar-refractivity contribution >= 4 is 11.6 Å². The molecule has 1 aromatic carbocycles. The molecule has 1 rings (SSSR count). The maximum absolute atomic E-state index is 12.1. The third kappa shape index (κ3) is 4.62. The Morgan fingerprint density at radius 2 is 2.10 bits per heavy atom. The number of carbonyl (C=O) groups excluding carboxylic acids is 1. The number of rotatable bonds is 5. The van der Waals surface area contributed by atoms with Crippen LogP contribution < -0.4 is 10.6 Å². The number of nitriles is 1. The lowest BCUT2D eigenvalue weighted by molar-refractivity contribution is -0.112. The van der Waals surface area contributed by atoms with E-state index in [2.05, 4.69) is 10.6 Å². The van der Waals surface area contributed by atoms with Crippen molar-refractivity contribution in [3.8, 4) is 6.07 Å².